The lowest BCUT2D eigenvalue weighted by Gasteiger charge is -2.17. The molecule has 0 radical (unpaired) electrons. The smallest absolute Gasteiger partial charge is 0.321 e. The van der Waals surface area contributed by atoms with Crippen LogP contribution in [0.2, 0.25) is 0 Å². The minimum Gasteiger partial charge on any atom is -0.469 e. The standard InChI is InChI=1S/C13H17N3O5/c1-15(9-3-4-12(17)21-2)13(18)14-10-5-7-11(8-6-10)16(19)20/h5-8H,3-4,9H2,1-2H3,(H,14,18). The minimum absolute atomic E-state index is 0.0422. The number of nitro groups is 1. The molecule has 2 amide bonds. The summed E-state index contributed by atoms with van der Waals surface area (Å²) in [7, 11) is 2.91. The quantitative estimate of drug-likeness (QED) is 0.491. The van der Waals surface area contributed by atoms with E-state index >= 15 is 0 Å². The number of nitrogens with zero attached hydrogens (tertiary/aromatic N) is 2. The summed E-state index contributed by atoms with van der Waals surface area (Å²) in [5.74, 6) is -0.320. The predicted molar refractivity (Wildman–Crippen MR) is 76.0 cm³/mol. The number of hydrogen-bond acceptors (Lipinski definition) is 5. The Morgan fingerprint density at radius 1 is 1.33 bits per heavy atom. The molecule has 1 N–H and O–H groups in total. The highest BCUT2D eigenvalue weighted by atomic mass is 16.6. The van der Waals surface area contributed by atoms with Crippen LogP contribution in [-0.4, -0.2) is 42.5 Å². The van der Waals surface area contributed by atoms with Gasteiger partial charge in [0, 0.05) is 37.8 Å². The third-order valence-corrected chi connectivity index (χ3v) is 2.78. The Bertz CT molecular complexity index is 515. The van der Waals surface area contributed by atoms with E-state index in [-0.39, 0.29) is 24.1 Å². The van der Waals surface area contributed by atoms with Crippen molar-refractivity contribution in [3.63, 3.8) is 0 Å². The van der Waals surface area contributed by atoms with Crippen molar-refractivity contribution in [3.8, 4) is 0 Å². The van der Waals surface area contributed by atoms with E-state index in [2.05, 4.69) is 10.1 Å². The number of non-ortho nitro benzene ring substituents is 1. The Labute approximate surface area is 121 Å². The molecule has 8 heteroatoms. The highest BCUT2D eigenvalue weighted by Crippen LogP contribution is 2.15. The van der Waals surface area contributed by atoms with Crippen LogP contribution in [0.25, 0.3) is 0 Å². The van der Waals surface area contributed by atoms with E-state index in [1.165, 1.54) is 36.3 Å². The first kappa shape index (κ1) is 16.4. The summed E-state index contributed by atoms with van der Waals surface area (Å²) in [6, 6.07) is 5.19. The van der Waals surface area contributed by atoms with Crippen LogP contribution in [0.3, 0.4) is 0 Å². The molecule has 1 rings (SSSR count). The molecular weight excluding hydrogens is 278 g/mol. The molecule has 0 spiro atoms. The molecule has 0 bridgehead atoms. The van der Waals surface area contributed by atoms with Gasteiger partial charge in [0.25, 0.3) is 5.69 Å². The van der Waals surface area contributed by atoms with Gasteiger partial charge in [-0.15, -0.1) is 0 Å². The first-order chi connectivity index (χ1) is 9.93. The summed E-state index contributed by atoms with van der Waals surface area (Å²) in [5.41, 5.74) is 0.421. The van der Waals surface area contributed by atoms with E-state index in [1.54, 1.807) is 7.05 Å². The highest BCUT2D eigenvalue weighted by molar-refractivity contribution is 5.89. The summed E-state index contributed by atoms with van der Waals surface area (Å²) < 4.78 is 4.51. The SMILES string of the molecule is COC(=O)CCCN(C)C(=O)Nc1ccc([N+](=O)[O-])cc1. The average molecular weight is 295 g/mol. The van der Waals surface area contributed by atoms with Gasteiger partial charge in [-0.05, 0) is 18.6 Å². The average Bonchev–Trinajstić information content (AvgIpc) is 2.47. The summed E-state index contributed by atoms with van der Waals surface area (Å²) in [4.78, 5) is 34.2. The molecule has 0 aromatic heterocycles. The normalized spacial score (nSPS) is 9.81. The Balaban J connectivity index is 2.44. The molecule has 0 aliphatic rings. The molecule has 0 saturated carbocycles. The van der Waals surface area contributed by atoms with Gasteiger partial charge in [-0.25, -0.2) is 4.79 Å². The summed E-state index contributed by atoms with van der Waals surface area (Å²) >= 11 is 0. The van der Waals surface area contributed by atoms with Gasteiger partial charge in [0.05, 0.1) is 12.0 Å². The second-order valence-corrected chi connectivity index (χ2v) is 4.34. The largest absolute Gasteiger partial charge is 0.469 e. The fourth-order valence-corrected chi connectivity index (χ4v) is 1.55. The van der Waals surface area contributed by atoms with Crippen LogP contribution in [0.5, 0.6) is 0 Å². The molecule has 0 fully saturated rings. The third kappa shape index (κ3) is 5.47. The van der Waals surface area contributed by atoms with Gasteiger partial charge < -0.3 is 15.0 Å². The van der Waals surface area contributed by atoms with E-state index in [0.29, 0.717) is 18.7 Å². The zero-order valence-corrected chi connectivity index (χ0v) is 11.9. The molecule has 1 aromatic carbocycles. The molecule has 0 unspecified atom stereocenters. The van der Waals surface area contributed by atoms with Crippen LogP contribution in [0, 0.1) is 10.1 Å². The lowest BCUT2D eigenvalue weighted by atomic mass is 10.3. The minimum atomic E-state index is -0.509. The van der Waals surface area contributed by atoms with Crippen molar-refractivity contribution >= 4 is 23.4 Å². The first-order valence-electron chi connectivity index (χ1n) is 6.27. The Hall–Kier alpha value is -2.64. The van der Waals surface area contributed by atoms with Gasteiger partial charge in [0.2, 0.25) is 0 Å². The van der Waals surface area contributed by atoms with Crippen LogP contribution in [0.1, 0.15) is 12.8 Å². The van der Waals surface area contributed by atoms with Crippen molar-refractivity contribution in [2.75, 3.05) is 26.0 Å². The van der Waals surface area contributed by atoms with E-state index < -0.39 is 4.92 Å². The molecule has 8 nitrogen and oxygen atoms in total. The molecule has 0 heterocycles. The maximum absolute atomic E-state index is 11.8. The molecule has 21 heavy (non-hydrogen) atoms. The fourth-order valence-electron chi connectivity index (χ4n) is 1.55. The zero-order chi connectivity index (χ0) is 15.8. The van der Waals surface area contributed by atoms with Gasteiger partial charge in [-0.1, -0.05) is 0 Å². The van der Waals surface area contributed by atoms with Crippen LogP contribution in [0.15, 0.2) is 24.3 Å². The van der Waals surface area contributed by atoms with Crippen molar-refractivity contribution in [1.82, 2.24) is 4.90 Å². The number of esters is 1. The molecule has 0 atom stereocenters. The number of anilines is 1. The maximum atomic E-state index is 11.8. The number of hydrogen-bond donors (Lipinski definition) is 1. The van der Waals surface area contributed by atoms with Gasteiger partial charge in [-0.2, -0.15) is 0 Å². The van der Waals surface area contributed by atoms with E-state index in [9.17, 15) is 19.7 Å². The van der Waals surface area contributed by atoms with Gasteiger partial charge in [0.15, 0.2) is 0 Å². The lowest BCUT2D eigenvalue weighted by Crippen LogP contribution is -2.32. The molecule has 0 aliphatic carbocycles. The lowest BCUT2D eigenvalue weighted by molar-refractivity contribution is -0.384. The third-order valence-electron chi connectivity index (χ3n) is 2.78. The number of ether oxygens (including phenoxy) is 1. The number of amides is 2. The zero-order valence-electron chi connectivity index (χ0n) is 11.9. The predicted octanol–water partition coefficient (Wildman–Crippen LogP) is 2.01. The maximum Gasteiger partial charge on any atom is 0.321 e. The number of rotatable bonds is 6. The Kier molecular flexibility index (Phi) is 6.12. The summed E-state index contributed by atoms with van der Waals surface area (Å²) in [6.45, 7) is 0.397. The molecule has 114 valence electrons. The molecular formula is C13H17N3O5. The van der Waals surface area contributed by atoms with E-state index in [1.807, 2.05) is 0 Å². The van der Waals surface area contributed by atoms with Gasteiger partial charge in [-0.3, -0.25) is 14.9 Å². The Morgan fingerprint density at radius 2 is 1.95 bits per heavy atom. The number of urea groups is 1. The number of benzene rings is 1. The fraction of sp³-hybridized carbons (Fsp3) is 0.385. The topological polar surface area (TPSA) is 102 Å². The molecule has 1 aromatic rings. The monoisotopic (exact) mass is 295 g/mol. The van der Waals surface area contributed by atoms with E-state index in [4.69, 9.17) is 0 Å². The number of carbonyl (C=O) groups excluding carboxylic acids is 2. The van der Waals surface area contributed by atoms with Crippen molar-refractivity contribution in [3.05, 3.63) is 34.4 Å². The summed E-state index contributed by atoms with van der Waals surface area (Å²) in [6.07, 6.45) is 0.739. The van der Waals surface area contributed by atoms with Crippen molar-refractivity contribution < 1.29 is 19.2 Å². The van der Waals surface area contributed by atoms with Crippen LogP contribution >= 0.6 is 0 Å². The second kappa shape index (κ2) is 7.83. The van der Waals surface area contributed by atoms with Gasteiger partial charge >= 0.3 is 12.0 Å². The highest BCUT2D eigenvalue weighted by Gasteiger charge is 2.11. The number of nitrogens with one attached hydrogen (secondary N) is 1. The van der Waals surface area contributed by atoms with Crippen LogP contribution < -0.4 is 5.32 Å². The van der Waals surface area contributed by atoms with Gasteiger partial charge in [0.1, 0.15) is 0 Å². The van der Waals surface area contributed by atoms with E-state index in [0.717, 1.165) is 0 Å². The van der Waals surface area contributed by atoms with Crippen molar-refractivity contribution in [2.45, 2.75) is 12.8 Å². The molecule has 0 saturated heterocycles. The van der Waals surface area contributed by atoms with Crippen LogP contribution in [-0.2, 0) is 9.53 Å². The molecule has 0 aliphatic heterocycles. The van der Waals surface area contributed by atoms with Crippen molar-refractivity contribution in [1.29, 1.82) is 0 Å². The number of carbonyl (C=O) groups is 2. The Morgan fingerprint density at radius 3 is 2.48 bits per heavy atom. The summed E-state index contributed by atoms with van der Waals surface area (Å²) in [5, 5.41) is 13.1. The van der Waals surface area contributed by atoms with Crippen LogP contribution in [0.4, 0.5) is 16.2 Å². The van der Waals surface area contributed by atoms with Crippen molar-refractivity contribution in [2.24, 2.45) is 0 Å². The number of methoxy groups -OCH3 is 1. The second-order valence-electron chi connectivity index (χ2n) is 4.34. The number of nitro benzene ring substituents is 1. The first-order valence-corrected chi connectivity index (χ1v) is 6.27.